The lowest BCUT2D eigenvalue weighted by molar-refractivity contribution is -0.117. The van der Waals surface area contributed by atoms with Gasteiger partial charge in [-0.25, -0.2) is 9.67 Å². The molecule has 1 atom stereocenters. The third-order valence-electron chi connectivity index (χ3n) is 6.76. The van der Waals surface area contributed by atoms with Crippen LogP contribution in [-0.2, 0) is 11.2 Å². The zero-order valence-electron chi connectivity index (χ0n) is 22.3. The molecule has 0 fully saturated rings. The van der Waals surface area contributed by atoms with Gasteiger partial charge in [0.15, 0.2) is 12.1 Å². The first-order chi connectivity index (χ1) is 20.9. The van der Waals surface area contributed by atoms with Gasteiger partial charge in [-0.3, -0.25) is 14.7 Å². The molecule has 0 saturated heterocycles. The minimum absolute atomic E-state index is 0.177. The zero-order valence-corrected chi connectivity index (χ0v) is 23.8. The highest BCUT2D eigenvalue weighted by molar-refractivity contribution is 6.32. The number of benzene rings is 3. The highest BCUT2D eigenvalue weighted by atomic mass is 35.5. The maximum Gasteiger partial charge on any atom is 0.244 e. The lowest BCUT2D eigenvalue weighted by Crippen LogP contribution is -2.29. The van der Waals surface area contributed by atoms with Crippen molar-refractivity contribution in [2.75, 3.05) is 5.73 Å². The Labute approximate surface area is 254 Å². The smallest absolute Gasteiger partial charge is 0.244 e. The number of imidazole rings is 1. The number of nitrogens with two attached hydrogens (primary N) is 1. The lowest BCUT2D eigenvalue weighted by atomic mass is 10.1. The van der Waals surface area contributed by atoms with Gasteiger partial charge in [-0.1, -0.05) is 64.8 Å². The molecule has 0 aliphatic rings. The summed E-state index contributed by atoms with van der Waals surface area (Å²) in [5, 5.41) is 19.4. The molecule has 0 bridgehead atoms. The van der Waals surface area contributed by atoms with Gasteiger partial charge in [0, 0.05) is 27.6 Å². The normalized spacial score (nSPS) is 12.1. The molecule has 13 heteroatoms. The van der Waals surface area contributed by atoms with E-state index in [0.717, 1.165) is 22.0 Å². The predicted molar refractivity (Wildman–Crippen MR) is 165 cm³/mol. The number of hydrogen-bond acceptors (Lipinski definition) is 7. The van der Waals surface area contributed by atoms with Crippen LogP contribution in [0.2, 0.25) is 10.2 Å². The zero-order chi connectivity index (χ0) is 29.9. The summed E-state index contributed by atoms with van der Waals surface area (Å²) >= 11 is 12.9. The number of carbonyl (C=O) groups excluding carboxylic acids is 2. The van der Waals surface area contributed by atoms with Crippen LogP contribution in [0.4, 0.5) is 5.82 Å². The molecular formula is C30H23Cl2N9O2. The fourth-order valence-electron chi connectivity index (χ4n) is 4.68. The molecule has 3 heterocycles. The van der Waals surface area contributed by atoms with Crippen LogP contribution < -0.4 is 11.1 Å². The maximum absolute atomic E-state index is 13.3. The van der Waals surface area contributed by atoms with Crippen LogP contribution in [0.5, 0.6) is 0 Å². The molecule has 6 aromatic rings. The largest absolute Gasteiger partial charge is 0.382 e. The van der Waals surface area contributed by atoms with Gasteiger partial charge in [0.1, 0.15) is 22.4 Å². The van der Waals surface area contributed by atoms with Gasteiger partial charge in [0.05, 0.1) is 23.4 Å². The Kier molecular flexibility index (Phi) is 7.73. The maximum atomic E-state index is 13.3. The van der Waals surface area contributed by atoms with Crippen molar-refractivity contribution in [2.24, 2.45) is 0 Å². The molecule has 0 aliphatic heterocycles. The van der Waals surface area contributed by atoms with Crippen molar-refractivity contribution in [2.45, 2.75) is 12.5 Å². The predicted octanol–water partition coefficient (Wildman–Crippen LogP) is 5.35. The summed E-state index contributed by atoms with van der Waals surface area (Å²) in [6.07, 6.45) is 5.56. The van der Waals surface area contributed by atoms with Gasteiger partial charge in [-0.2, -0.15) is 5.10 Å². The Hall–Kier alpha value is -5.26. The van der Waals surface area contributed by atoms with Crippen molar-refractivity contribution in [3.8, 4) is 16.9 Å². The molecule has 6 rings (SSSR count). The number of halogens is 2. The topological polar surface area (TPSA) is 160 Å². The van der Waals surface area contributed by atoms with Crippen LogP contribution in [-0.4, -0.2) is 47.4 Å². The second-order valence-corrected chi connectivity index (χ2v) is 10.5. The van der Waals surface area contributed by atoms with Crippen molar-refractivity contribution in [3.63, 3.8) is 0 Å². The Morgan fingerprint density at radius 1 is 1.09 bits per heavy atom. The summed E-state index contributed by atoms with van der Waals surface area (Å²) in [4.78, 5) is 32.3. The molecule has 1 amide bonds. The van der Waals surface area contributed by atoms with E-state index in [1.165, 1.54) is 17.0 Å². The second kappa shape index (κ2) is 11.9. The first kappa shape index (κ1) is 27.9. The quantitative estimate of drug-likeness (QED) is 0.127. The van der Waals surface area contributed by atoms with Crippen molar-refractivity contribution in [3.05, 3.63) is 112 Å². The molecular weight excluding hydrogens is 589 g/mol. The van der Waals surface area contributed by atoms with E-state index < -0.39 is 6.04 Å². The SMILES string of the molecule is Nc1n[nH]c2cc(-c3nc([C@H](Cc4ccccc4)NC(=O)/C=C/c4cc(Cl)ccc4-n4cc(C=O)nn4)[nH]c3Cl)ccc12. The molecule has 0 unspecified atom stereocenters. The van der Waals surface area contributed by atoms with E-state index in [1.54, 1.807) is 24.3 Å². The number of fused-ring (bicyclic) bond motifs is 1. The van der Waals surface area contributed by atoms with Crippen LogP contribution in [0.25, 0.3) is 33.9 Å². The fraction of sp³-hybridized carbons (Fsp3) is 0.0667. The van der Waals surface area contributed by atoms with E-state index in [2.05, 4.69) is 30.8 Å². The van der Waals surface area contributed by atoms with Crippen molar-refractivity contribution >= 4 is 58.2 Å². The van der Waals surface area contributed by atoms with Gasteiger partial charge in [0.2, 0.25) is 5.91 Å². The highest BCUT2D eigenvalue weighted by Crippen LogP contribution is 2.31. The van der Waals surface area contributed by atoms with Gasteiger partial charge in [-0.05, 0) is 48.4 Å². The molecule has 0 saturated carbocycles. The third-order valence-corrected chi connectivity index (χ3v) is 7.26. The Balaban J connectivity index is 1.29. The molecule has 0 spiro atoms. The number of H-pyrrole nitrogens is 2. The number of nitrogens with zero attached hydrogens (tertiary/aromatic N) is 5. The average Bonchev–Trinajstić information content (AvgIpc) is 3.75. The fourth-order valence-corrected chi connectivity index (χ4v) is 5.11. The molecule has 11 nitrogen and oxygen atoms in total. The molecule has 3 aromatic heterocycles. The third kappa shape index (κ3) is 6.03. The van der Waals surface area contributed by atoms with Crippen molar-refractivity contribution < 1.29 is 9.59 Å². The van der Waals surface area contributed by atoms with E-state index >= 15 is 0 Å². The van der Waals surface area contributed by atoms with E-state index in [-0.39, 0.29) is 11.6 Å². The van der Waals surface area contributed by atoms with E-state index in [1.807, 2.05) is 48.5 Å². The standard InChI is InChI=1S/C30H23Cl2N9O2/c31-20-8-10-25(41-15-21(16-42)37-40-41)18(13-20)7-11-26(43)34-24(12-17-4-2-1-3-5-17)30-35-27(28(32)36-30)19-6-9-22-23(14-19)38-39-29(22)33/h1-11,13-16,24H,12H2,(H,34,43)(H,35,36)(H3,33,38,39)/b11-7+/t24-/m0/s1. The van der Waals surface area contributed by atoms with E-state index in [4.69, 9.17) is 33.9 Å². The van der Waals surface area contributed by atoms with Gasteiger partial charge >= 0.3 is 0 Å². The molecule has 214 valence electrons. The number of aromatic amines is 2. The number of nitrogens with one attached hydrogen (secondary N) is 3. The summed E-state index contributed by atoms with van der Waals surface area (Å²) in [5.41, 5.74) is 10.3. The Morgan fingerprint density at radius 2 is 1.93 bits per heavy atom. The molecule has 5 N–H and O–H groups in total. The van der Waals surface area contributed by atoms with E-state index in [9.17, 15) is 9.59 Å². The summed E-state index contributed by atoms with van der Waals surface area (Å²) < 4.78 is 1.44. The summed E-state index contributed by atoms with van der Waals surface area (Å²) in [7, 11) is 0. The number of carbonyl (C=O) groups is 2. The van der Waals surface area contributed by atoms with Crippen LogP contribution >= 0.6 is 23.2 Å². The monoisotopic (exact) mass is 611 g/mol. The number of nitrogen functional groups attached to an aromatic ring is 1. The van der Waals surface area contributed by atoms with Crippen LogP contribution in [0.3, 0.4) is 0 Å². The first-order valence-corrected chi connectivity index (χ1v) is 13.8. The number of aldehydes is 1. The Morgan fingerprint density at radius 3 is 2.72 bits per heavy atom. The number of amides is 1. The van der Waals surface area contributed by atoms with Gasteiger partial charge in [0.25, 0.3) is 0 Å². The summed E-state index contributed by atoms with van der Waals surface area (Å²) in [6, 6.07) is 19.9. The van der Waals surface area contributed by atoms with Crippen LogP contribution in [0, 0.1) is 0 Å². The molecule has 43 heavy (non-hydrogen) atoms. The Bertz CT molecular complexity index is 1980. The molecule has 0 radical (unpaired) electrons. The second-order valence-electron chi connectivity index (χ2n) is 9.65. The molecule has 3 aromatic carbocycles. The highest BCUT2D eigenvalue weighted by Gasteiger charge is 2.21. The number of rotatable bonds is 9. The summed E-state index contributed by atoms with van der Waals surface area (Å²) in [5.74, 6) is 0.524. The minimum Gasteiger partial charge on any atom is -0.382 e. The number of aromatic nitrogens is 7. The summed E-state index contributed by atoms with van der Waals surface area (Å²) in [6.45, 7) is 0. The lowest BCUT2D eigenvalue weighted by Gasteiger charge is -2.16. The minimum atomic E-state index is -0.540. The number of hydrogen-bond donors (Lipinski definition) is 4. The van der Waals surface area contributed by atoms with Crippen molar-refractivity contribution in [1.29, 1.82) is 0 Å². The average molecular weight is 612 g/mol. The van der Waals surface area contributed by atoms with Crippen LogP contribution in [0.15, 0.2) is 79.0 Å². The first-order valence-electron chi connectivity index (χ1n) is 13.1. The van der Waals surface area contributed by atoms with Crippen molar-refractivity contribution in [1.82, 2.24) is 40.5 Å². The van der Waals surface area contributed by atoms with Gasteiger partial charge < -0.3 is 16.0 Å². The van der Waals surface area contributed by atoms with Gasteiger partial charge in [-0.15, -0.1) is 5.10 Å². The van der Waals surface area contributed by atoms with E-state index in [0.29, 0.717) is 51.5 Å². The molecule has 0 aliphatic carbocycles. The number of anilines is 1. The van der Waals surface area contributed by atoms with Crippen LogP contribution in [0.1, 0.15) is 33.5 Å².